The highest BCUT2D eigenvalue weighted by atomic mass is 16.5. The van der Waals surface area contributed by atoms with E-state index in [0.717, 1.165) is 5.56 Å². The molecule has 12 heteroatoms. The van der Waals surface area contributed by atoms with E-state index in [0.29, 0.717) is 38.8 Å². The number of carbonyl (C=O) groups excluding carboxylic acids is 3. The molecule has 0 spiro atoms. The predicted octanol–water partition coefficient (Wildman–Crippen LogP) is 0.555. The fourth-order valence-electron chi connectivity index (χ4n) is 3.98. The summed E-state index contributed by atoms with van der Waals surface area (Å²) >= 11 is 0. The van der Waals surface area contributed by atoms with Crippen molar-refractivity contribution >= 4 is 29.8 Å². The highest BCUT2D eigenvalue weighted by Crippen LogP contribution is 2.26. The van der Waals surface area contributed by atoms with Gasteiger partial charge in [0.15, 0.2) is 5.96 Å². The third kappa shape index (κ3) is 10.2. The number of rotatable bonds is 15. The number of likely N-dealkylation sites (tertiary alicyclic amines) is 1. The van der Waals surface area contributed by atoms with E-state index in [1.807, 2.05) is 30.3 Å². The number of carbonyl (C=O) groups is 4. The molecular formula is C24H36N6O6. The molecular weight excluding hydrogens is 468 g/mol. The Kier molecular flexibility index (Phi) is 12.0. The Hall–Kier alpha value is -3.83. The van der Waals surface area contributed by atoms with Crippen LogP contribution in [0.25, 0.3) is 0 Å². The Bertz CT molecular complexity index is 906. The van der Waals surface area contributed by atoms with E-state index in [2.05, 4.69) is 15.6 Å². The zero-order valence-corrected chi connectivity index (χ0v) is 20.4. The summed E-state index contributed by atoms with van der Waals surface area (Å²) in [4.78, 5) is 53.9. The van der Waals surface area contributed by atoms with Gasteiger partial charge in [0.25, 0.3) is 0 Å². The monoisotopic (exact) mass is 504 g/mol. The lowest BCUT2D eigenvalue weighted by atomic mass is 10.0. The molecule has 0 saturated carbocycles. The first-order chi connectivity index (χ1) is 17.3. The van der Waals surface area contributed by atoms with Crippen molar-refractivity contribution in [1.82, 2.24) is 15.5 Å². The summed E-state index contributed by atoms with van der Waals surface area (Å²) in [6, 6.07) is 8.64. The van der Waals surface area contributed by atoms with Gasteiger partial charge in [-0.05, 0) is 37.7 Å². The molecule has 0 unspecified atom stereocenters. The average molecular weight is 505 g/mol. The molecule has 36 heavy (non-hydrogen) atoms. The van der Waals surface area contributed by atoms with Crippen LogP contribution in [0.3, 0.4) is 0 Å². The molecule has 1 aromatic rings. The molecule has 3 amide bonds. The lowest BCUT2D eigenvalue weighted by Crippen LogP contribution is -2.48. The van der Waals surface area contributed by atoms with Crippen LogP contribution < -0.4 is 22.1 Å². The third-order valence-electron chi connectivity index (χ3n) is 5.83. The summed E-state index contributed by atoms with van der Waals surface area (Å²) in [7, 11) is 0. The van der Waals surface area contributed by atoms with Crippen molar-refractivity contribution in [2.45, 2.75) is 51.2 Å². The van der Waals surface area contributed by atoms with Crippen molar-refractivity contribution in [2.75, 3.05) is 26.2 Å². The molecule has 0 bridgehead atoms. The van der Waals surface area contributed by atoms with Gasteiger partial charge in [-0.1, -0.05) is 30.3 Å². The first kappa shape index (κ1) is 28.4. The van der Waals surface area contributed by atoms with Gasteiger partial charge in [0, 0.05) is 32.0 Å². The van der Waals surface area contributed by atoms with E-state index in [-0.39, 0.29) is 50.3 Å². The molecule has 0 aromatic heterocycles. The standard InChI is InChI=1S/C24H36N6O6/c25-23(26)28-14-13-27-21(33)19(30-15-11-18(22(30)34)9-10-20(31)32)8-4-5-12-29-24(35)36-16-17-6-2-1-3-7-17/h1-3,6-7,18-19H,4-5,8-16H2,(H,27,33)(H,29,35)(H,31,32)(H4,25,26,28)/t18-,19-/m0/s1. The van der Waals surface area contributed by atoms with Gasteiger partial charge in [-0.25, -0.2) is 4.79 Å². The number of carboxylic acids is 1. The van der Waals surface area contributed by atoms with E-state index in [9.17, 15) is 19.2 Å². The SMILES string of the molecule is NC(N)=NCCNC(=O)[C@H](CCCCNC(=O)OCc1ccccc1)N1CC[C@H](CCC(=O)O)C1=O. The second kappa shape index (κ2) is 15.2. The van der Waals surface area contributed by atoms with Gasteiger partial charge in [0.1, 0.15) is 12.6 Å². The maximum Gasteiger partial charge on any atom is 0.407 e. The van der Waals surface area contributed by atoms with Gasteiger partial charge in [0.05, 0.1) is 6.54 Å². The van der Waals surface area contributed by atoms with Gasteiger partial charge < -0.3 is 36.8 Å². The molecule has 2 rings (SSSR count). The molecule has 1 aliphatic rings. The topological polar surface area (TPSA) is 189 Å². The van der Waals surface area contributed by atoms with E-state index >= 15 is 0 Å². The van der Waals surface area contributed by atoms with Crippen LogP contribution in [-0.4, -0.2) is 72.1 Å². The summed E-state index contributed by atoms with van der Waals surface area (Å²) in [6.07, 6.45) is 1.70. The average Bonchev–Trinajstić information content (AvgIpc) is 3.21. The van der Waals surface area contributed by atoms with Crippen LogP contribution in [0.4, 0.5) is 4.79 Å². The zero-order chi connectivity index (χ0) is 26.3. The second-order valence-corrected chi connectivity index (χ2v) is 8.55. The van der Waals surface area contributed by atoms with Crippen LogP contribution in [0, 0.1) is 5.92 Å². The minimum Gasteiger partial charge on any atom is -0.481 e. The lowest BCUT2D eigenvalue weighted by molar-refractivity contribution is -0.141. The number of aliphatic carboxylic acids is 1. The number of aliphatic imine (C=N–C) groups is 1. The number of alkyl carbamates (subject to hydrolysis) is 1. The molecule has 12 nitrogen and oxygen atoms in total. The number of carboxylic acid groups (broad SMARTS) is 1. The van der Waals surface area contributed by atoms with Crippen molar-refractivity contribution < 1.29 is 29.0 Å². The van der Waals surface area contributed by atoms with E-state index in [1.165, 1.54) is 4.90 Å². The Morgan fingerprint density at radius 3 is 2.58 bits per heavy atom. The number of hydrogen-bond acceptors (Lipinski definition) is 6. The normalized spacial score (nSPS) is 15.7. The van der Waals surface area contributed by atoms with Gasteiger partial charge in [-0.15, -0.1) is 0 Å². The number of unbranched alkanes of at least 4 members (excludes halogenated alkanes) is 1. The molecule has 0 radical (unpaired) electrons. The smallest absolute Gasteiger partial charge is 0.407 e. The molecule has 2 atom stereocenters. The Labute approximate surface area is 210 Å². The highest BCUT2D eigenvalue weighted by molar-refractivity contribution is 5.89. The molecule has 1 saturated heterocycles. The van der Waals surface area contributed by atoms with Gasteiger partial charge in [-0.3, -0.25) is 19.4 Å². The maximum absolute atomic E-state index is 12.9. The Balaban J connectivity index is 1.82. The van der Waals surface area contributed by atoms with Crippen LogP contribution in [0.1, 0.15) is 44.1 Å². The largest absolute Gasteiger partial charge is 0.481 e. The summed E-state index contributed by atoms with van der Waals surface area (Å²) < 4.78 is 5.18. The lowest BCUT2D eigenvalue weighted by Gasteiger charge is -2.27. The number of nitrogens with one attached hydrogen (secondary N) is 2. The van der Waals surface area contributed by atoms with Gasteiger partial charge in [-0.2, -0.15) is 0 Å². The summed E-state index contributed by atoms with van der Waals surface area (Å²) in [5, 5.41) is 14.4. The van der Waals surface area contributed by atoms with Gasteiger partial charge >= 0.3 is 12.1 Å². The van der Waals surface area contributed by atoms with Crippen molar-refractivity contribution in [3.63, 3.8) is 0 Å². The van der Waals surface area contributed by atoms with Crippen LogP contribution >= 0.6 is 0 Å². The summed E-state index contributed by atoms with van der Waals surface area (Å²) in [5.41, 5.74) is 11.5. The Morgan fingerprint density at radius 1 is 1.14 bits per heavy atom. The number of benzene rings is 1. The molecule has 1 aromatic carbocycles. The molecule has 198 valence electrons. The minimum absolute atomic E-state index is 0.0772. The molecule has 1 heterocycles. The highest BCUT2D eigenvalue weighted by Gasteiger charge is 2.38. The number of ether oxygens (including phenoxy) is 1. The van der Waals surface area contributed by atoms with Crippen LogP contribution in [0.5, 0.6) is 0 Å². The zero-order valence-electron chi connectivity index (χ0n) is 20.4. The summed E-state index contributed by atoms with van der Waals surface area (Å²) in [6.45, 7) is 1.35. The van der Waals surface area contributed by atoms with E-state index in [4.69, 9.17) is 21.3 Å². The quantitative estimate of drug-likeness (QED) is 0.130. The third-order valence-corrected chi connectivity index (χ3v) is 5.83. The van der Waals surface area contributed by atoms with Crippen LogP contribution in [0.2, 0.25) is 0 Å². The van der Waals surface area contributed by atoms with E-state index < -0.39 is 24.0 Å². The maximum atomic E-state index is 12.9. The minimum atomic E-state index is -0.954. The summed E-state index contributed by atoms with van der Waals surface area (Å²) in [5.74, 6) is -1.96. The van der Waals surface area contributed by atoms with Crippen molar-refractivity contribution in [3.05, 3.63) is 35.9 Å². The molecule has 1 fully saturated rings. The Morgan fingerprint density at radius 2 is 1.89 bits per heavy atom. The number of nitrogens with two attached hydrogens (primary N) is 2. The number of guanidine groups is 1. The number of nitrogens with zero attached hydrogens (tertiary/aromatic N) is 2. The van der Waals surface area contributed by atoms with Crippen molar-refractivity contribution in [3.8, 4) is 0 Å². The van der Waals surface area contributed by atoms with Gasteiger partial charge in [0.2, 0.25) is 11.8 Å². The molecule has 7 N–H and O–H groups in total. The number of amides is 3. The molecule has 0 aliphatic carbocycles. The fourth-order valence-corrected chi connectivity index (χ4v) is 3.98. The van der Waals surface area contributed by atoms with Crippen molar-refractivity contribution in [2.24, 2.45) is 22.4 Å². The first-order valence-corrected chi connectivity index (χ1v) is 12.1. The fraction of sp³-hybridized carbons (Fsp3) is 0.542. The van der Waals surface area contributed by atoms with Crippen LogP contribution in [0.15, 0.2) is 35.3 Å². The first-order valence-electron chi connectivity index (χ1n) is 12.1. The second-order valence-electron chi connectivity index (χ2n) is 8.55. The van der Waals surface area contributed by atoms with Crippen molar-refractivity contribution in [1.29, 1.82) is 0 Å². The van der Waals surface area contributed by atoms with E-state index in [1.54, 1.807) is 0 Å². The number of hydrogen-bond donors (Lipinski definition) is 5. The van der Waals surface area contributed by atoms with Crippen LogP contribution in [-0.2, 0) is 25.7 Å². The molecule has 1 aliphatic heterocycles. The predicted molar refractivity (Wildman–Crippen MR) is 133 cm³/mol.